The molecular weight excluding hydrogens is 122 g/mol. The zero-order valence-corrected chi connectivity index (χ0v) is 5.20. The highest BCUT2D eigenvalue weighted by molar-refractivity contribution is 4.65. The Hall–Kier alpha value is -0.160. The van der Waals surface area contributed by atoms with E-state index in [1.165, 1.54) is 0 Å². The summed E-state index contributed by atoms with van der Waals surface area (Å²) >= 11 is 0. The lowest BCUT2D eigenvalue weighted by atomic mass is 10.1. The maximum Gasteiger partial charge on any atom is 0.103 e. The first-order chi connectivity index (χ1) is 4.22. The van der Waals surface area contributed by atoms with Crippen molar-refractivity contribution in [2.45, 2.75) is 18.6 Å². The molecule has 0 aliphatic carbocycles. The minimum Gasteiger partial charge on any atom is -0.394 e. The second-order valence-corrected chi connectivity index (χ2v) is 1.89. The molecule has 5 N–H and O–H groups in total. The zero-order valence-electron chi connectivity index (χ0n) is 5.20. The summed E-state index contributed by atoms with van der Waals surface area (Å²) in [5.41, 5.74) is 5.07. The van der Waals surface area contributed by atoms with Gasteiger partial charge >= 0.3 is 0 Å². The van der Waals surface area contributed by atoms with E-state index in [-0.39, 0.29) is 0 Å². The van der Waals surface area contributed by atoms with Gasteiger partial charge in [-0.3, -0.25) is 0 Å². The molecule has 0 saturated heterocycles. The van der Waals surface area contributed by atoms with Crippen LogP contribution in [0.3, 0.4) is 0 Å². The van der Waals surface area contributed by atoms with E-state index >= 15 is 0 Å². The predicted molar refractivity (Wildman–Crippen MR) is 32.8 cm³/mol. The first-order valence-electron chi connectivity index (χ1n) is 2.89. The van der Waals surface area contributed by atoms with Crippen molar-refractivity contribution >= 4 is 0 Å². The molecule has 0 rings (SSSR count). The quantitative estimate of drug-likeness (QED) is 0.361. The molecule has 4 nitrogen and oxygen atoms in total. The Morgan fingerprint density at radius 1 is 1.22 bits per heavy atom. The van der Waals surface area contributed by atoms with Crippen molar-refractivity contribution in [1.82, 2.24) is 0 Å². The maximum absolute atomic E-state index is 8.83. The number of rotatable bonds is 4. The van der Waals surface area contributed by atoms with Gasteiger partial charge in [-0.15, -0.1) is 0 Å². The molecule has 0 amide bonds. The number of hydrogen-bond acceptors (Lipinski definition) is 4. The minimum absolute atomic E-state index is 0.318. The van der Waals surface area contributed by atoms with Crippen molar-refractivity contribution < 1.29 is 15.3 Å². The van der Waals surface area contributed by atoms with Crippen LogP contribution in [0.1, 0.15) is 6.42 Å². The van der Waals surface area contributed by atoms with E-state index in [4.69, 9.17) is 21.1 Å². The second-order valence-electron chi connectivity index (χ2n) is 1.89. The van der Waals surface area contributed by atoms with Crippen LogP contribution in [-0.2, 0) is 0 Å². The van der Waals surface area contributed by atoms with Crippen LogP contribution in [0.25, 0.3) is 0 Å². The van der Waals surface area contributed by atoms with Gasteiger partial charge in [-0.1, -0.05) is 0 Å². The zero-order chi connectivity index (χ0) is 7.28. The Labute approximate surface area is 53.9 Å². The largest absolute Gasteiger partial charge is 0.394 e. The van der Waals surface area contributed by atoms with Crippen molar-refractivity contribution in [3.63, 3.8) is 0 Å². The molecule has 0 radical (unpaired) electrons. The highest BCUT2D eigenvalue weighted by atomic mass is 16.4. The molecular formula is C5H13NO3. The molecule has 0 fully saturated rings. The third-order valence-electron chi connectivity index (χ3n) is 1.09. The molecule has 0 spiro atoms. The van der Waals surface area contributed by atoms with Gasteiger partial charge < -0.3 is 21.1 Å². The van der Waals surface area contributed by atoms with Gasteiger partial charge in [-0.2, -0.15) is 0 Å². The summed E-state index contributed by atoms with van der Waals surface area (Å²) in [4.78, 5) is 0. The fourth-order valence-corrected chi connectivity index (χ4v) is 0.485. The summed E-state index contributed by atoms with van der Waals surface area (Å²) in [5, 5.41) is 25.8. The van der Waals surface area contributed by atoms with Crippen LogP contribution in [0.4, 0.5) is 0 Å². The van der Waals surface area contributed by atoms with Crippen LogP contribution in [0.15, 0.2) is 0 Å². The molecule has 9 heavy (non-hydrogen) atoms. The summed E-state index contributed by atoms with van der Waals surface area (Å²) in [6, 6.07) is 0. The number of aliphatic hydroxyl groups is 3. The molecule has 0 aliphatic heterocycles. The highest BCUT2D eigenvalue weighted by Gasteiger charge is 2.12. The standard InChI is InChI=1S/C5H13NO3/c6-2-1-4(8)5(9)3-7/h4-5,7-9H,1-3,6H2/t4-,5-/m1/s1. The van der Waals surface area contributed by atoms with Gasteiger partial charge in [0.15, 0.2) is 0 Å². The minimum atomic E-state index is -1.05. The molecule has 0 aromatic carbocycles. The molecule has 0 aliphatic rings. The fourth-order valence-electron chi connectivity index (χ4n) is 0.485. The van der Waals surface area contributed by atoms with Gasteiger partial charge in [0.25, 0.3) is 0 Å². The monoisotopic (exact) mass is 135 g/mol. The van der Waals surface area contributed by atoms with E-state index in [1.54, 1.807) is 0 Å². The van der Waals surface area contributed by atoms with Gasteiger partial charge in [-0.05, 0) is 13.0 Å². The third-order valence-corrected chi connectivity index (χ3v) is 1.09. The van der Waals surface area contributed by atoms with Gasteiger partial charge in [0, 0.05) is 0 Å². The smallest absolute Gasteiger partial charge is 0.103 e. The summed E-state index contributed by atoms with van der Waals surface area (Å²) < 4.78 is 0. The Morgan fingerprint density at radius 2 is 1.78 bits per heavy atom. The normalized spacial score (nSPS) is 17.3. The highest BCUT2D eigenvalue weighted by Crippen LogP contribution is 1.95. The van der Waals surface area contributed by atoms with Crippen molar-refractivity contribution in [3.05, 3.63) is 0 Å². The van der Waals surface area contributed by atoms with Crippen LogP contribution in [0, 0.1) is 0 Å². The van der Waals surface area contributed by atoms with E-state index in [1.807, 2.05) is 0 Å². The van der Waals surface area contributed by atoms with Crippen molar-refractivity contribution in [1.29, 1.82) is 0 Å². The molecule has 0 unspecified atom stereocenters. The van der Waals surface area contributed by atoms with Crippen LogP contribution in [0.5, 0.6) is 0 Å². The number of hydrogen-bond donors (Lipinski definition) is 4. The average Bonchev–Trinajstić information content (AvgIpc) is 1.87. The van der Waals surface area contributed by atoms with Gasteiger partial charge in [0.05, 0.1) is 12.7 Å². The third kappa shape index (κ3) is 3.42. The molecule has 0 bridgehead atoms. The van der Waals surface area contributed by atoms with E-state index in [2.05, 4.69) is 0 Å². The summed E-state index contributed by atoms with van der Waals surface area (Å²) in [6.07, 6.45) is -1.62. The van der Waals surface area contributed by atoms with Gasteiger partial charge in [0.1, 0.15) is 6.10 Å². The van der Waals surface area contributed by atoms with Crippen molar-refractivity contribution in [3.8, 4) is 0 Å². The van der Waals surface area contributed by atoms with E-state index in [0.29, 0.717) is 13.0 Å². The first-order valence-corrected chi connectivity index (χ1v) is 2.89. The van der Waals surface area contributed by atoms with Crippen molar-refractivity contribution in [2.24, 2.45) is 5.73 Å². The molecule has 0 saturated carbocycles. The van der Waals surface area contributed by atoms with Crippen LogP contribution in [-0.4, -0.2) is 40.7 Å². The summed E-state index contributed by atoms with van der Waals surface area (Å²) in [7, 11) is 0. The molecule has 56 valence electrons. The molecule has 2 atom stereocenters. The lowest BCUT2D eigenvalue weighted by Gasteiger charge is -2.13. The predicted octanol–water partition coefficient (Wildman–Crippen LogP) is -1.95. The average molecular weight is 135 g/mol. The van der Waals surface area contributed by atoms with Crippen molar-refractivity contribution in [2.75, 3.05) is 13.2 Å². The first kappa shape index (κ1) is 8.84. The van der Waals surface area contributed by atoms with Crippen LogP contribution in [0.2, 0.25) is 0 Å². The fraction of sp³-hybridized carbons (Fsp3) is 1.00. The number of aliphatic hydroxyl groups excluding tert-OH is 3. The topological polar surface area (TPSA) is 86.7 Å². The molecule has 4 heteroatoms. The number of nitrogens with two attached hydrogens (primary N) is 1. The van der Waals surface area contributed by atoms with Crippen LogP contribution < -0.4 is 5.73 Å². The Morgan fingerprint density at radius 3 is 2.11 bits per heavy atom. The molecule has 0 aromatic rings. The Balaban J connectivity index is 3.32. The van der Waals surface area contributed by atoms with Gasteiger partial charge in [-0.25, -0.2) is 0 Å². The maximum atomic E-state index is 8.83. The lowest BCUT2D eigenvalue weighted by Crippen LogP contribution is -2.31. The van der Waals surface area contributed by atoms with E-state index in [0.717, 1.165) is 0 Å². The molecule has 0 aromatic heterocycles. The Bertz CT molecular complexity index is 69.2. The van der Waals surface area contributed by atoms with E-state index in [9.17, 15) is 0 Å². The summed E-state index contributed by atoms with van der Waals surface area (Å²) in [6.45, 7) is -0.0978. The lowest BCUT2D eigenvalue weighted by molar-refractivity contribution is -0.0162. The molecule has 0 heterocycles. The Kier molecular flexibility index (Phi) is 4.61. The van der Waals surface area contributed by atoms with Gasteiger partial charge in [0.2, 0.25) is 0 Å². The van der Waals surface area contributed by atoms with Crippen LogP contribution >= 0.6 is 0 Å². The second kappa shape index (κ2) is 4.69. The SMILES string of the molecule is NCC[C@@H](O)[C@H](O)CO. The summed E-state index contributed by atoms with van der Waals surface area (Å²) in [5.74, 6) is 0. The van der Waals surface area contributed by atoms with E-state index < -0.39 is 18.8 Å².